The van der Waals surface area contributed by atoms with Crippen LogP contribution in [0.4, 0.5) is 17.1 Å². The topological polar surface area (TPSA) is 106 Å². The average Bonchev–Trinajstić information content (AvgIpc) is 2.86. The van der Waals surface area contributed by atoms with Crippen LogP contribution in [-0.4, -0.2) is 44.1 Å². The number of nitrogens with zero attached hydrogens (tertiary/aromatic N) is 1. The molecule has 0 aliphatic carbocycles. The number of benzene rings is 3. The maximum Gasteiger partial charge on any atom is 0.271 e. The van der Waals surface area contributed by atoms with E-state index in [1.165, 1.54) is 18.1 Å². The predicted molar refractivity (Wildman–Crippen MR) is 136 cm³/mol. The first-order valence-electron chi connectivity index (χ1n) is 11.2. The highest BCUT2D eigenvalue weighted by atomic mass is 16.5. The summed E-state index contributed by atoms with van der Waals surface area (Å²) in [6, 6.07) is 18.7. The van der Waals surface area contributed by atoms with Crippen LogP contribution in [0.15, 0.2) is 66.7 Å². The van der Waals surface area contributed by atoms with E-state index in [-0.39, 0.29) is 12.5 Å². The Bertz CT molecular complexity index is 1320. The summed E-state index contributed by atoms with van der Waals surface area (Å²) in [4.78, 5) is 40.5. The third-order valence-electron chi connectivity index (χ3n) is 5.65. The summed E-state index contributed by atoms with van der Waals surface area (Å²) in [5.74, 6) is 0.269. The van der Waals surface area contributed by atoms with E-state index < -0.39 is 17.4 Å². The second-order valence-corrected chi connectivity index (χ2v) is 8.62. The summed E-state index contributed by atoms with van der Waals surface area (Å²) in [6.07, 6.45) is 0. The Labute approximate surface area is 209 Å². The van der Waals surface area contributed by atoms with Gasteiger partial charge in [0, 0.05) is 17.3 Å². The number of anilines is 3. The Morgan fingerprint density at radius 2 is 1.72 bits per heavy atom. The molecule has 9 nitrogen and oxygen atoms in total. The van der Waals surface area contributed by atoms with E-state index in [2.05, 4.69) is 10.6 Å². The van der Waals surface area contributed by atoms with Crippen LogP contribution in [0.25, 0.3) is 0 Å². The number of rotatable bonds is 7. The normalized spacial score (nSPS) is 13.8. The van der Waals surface area contributed by atoms with Gasteiger partial charge in [0.05, 0.1) is 25.6 Å². The monoisotopic (exact) mass is 489 g/mol. The molecule has 0 saturated carbocycles. The molecule has 0 unspecified atom stereocenters. The van der Waals surface area contributed by atoms with Crippen LogP contribution in [0.5, 0.6) is 17.2 Å². The summed E-state index contributed by atoms with van der Waals surface area (Å²) in [5, 5.41) is 5.59. The molecule has 1 aliphatic heterocycles. The Kier molecular flexibility index (Phi) is 6.82. The molecule has 36 heavy (non-hydrogen) atoms. The predicted octanol–water partition coefficient (Wildman–Crippen LogP) is 4.10. The lowest BCUT2D eigenvalue weighted by Gasteiger charge is -2.38. The minimum Gasteiger partial charge on any atom is -0.497 e. The van der Waals surface area contributed by atoms with Crippen LogP contribution in [0.1, 0.15) is 24.2 Å². The first-order valence-corrected chi connectivity index (χ1v) is 11.2. The van der Waals surface area contributed by atoms with Crippen LogP contribution in [0, 0.1) is 0 Å². The number of carbonyl (C=O) groups is 3. The number of ether oxygens (including phenoxy) is 3. The number of hydrogen-bond acceptors (Lipinski definition) is 6. The standard InChI is InChI=1S/C27H27N3O6/c1-27(2)26(33)30(16-24(31)29-20-10-5-6-11-22(20)35-4)21-14-17(12-13-23(21)36-27)25(32)28-18-8-7-9-19(15-18)34-3/h5-15H,16H2,1-4H3,(H,28,32)(H,29,31). The van der Waals surface area contributed by atoms with E-state index in [0.29, 0.717) is 39.9 Å². The fraction of sp³-hybridized carbons (Fsp3) is 0.222. The summed E-state index contributed by atoms with van der Waals surface area (Å²) in [6.45, 7) is 2.98. The fourth-order valence-corrected chi connectivity index (χ4v) is 3.85. The van der Waals surface area contributed by atoms with Crippen LogP contribution in [-0.2, 0) is 9.59 Å². The van der Waals surface area contributed by atoms with E-state index in [1.54, 1.807) is 81.6 Å². The SMILES string of the molecule is COc1cccc(NC(=O)c2ccc3c(c2)N(CC(=O)Nc2ccccc2OC)C(=O)C(C)(C)O3)c1. The Morgan fingerprint density at radius 1 is 0.944 bits per heavy atom. The molecular weight excluding hydrogens is 462 g/mol. The quantitative estimate of drug-likeness (QED) is 0.518. The molecule has 9 heteroatoms. The van der Waals surface area contributed by atoms with Crippen molar-refractivity contribution in [3.05, 3.63) is 72.3 Å². The molecule has 2 N–H and O–H groups in total. The maximum absolute atomic E-state index is 13.2. The number of para-hydroxylation sites is 2. The molecule has 1 aliphatic rings. The van der Waals surface area contributed by atoms with Gasteiger partial charge in [-0.25, -0.2) is 0 Å². The van der Waals surface area contributed by atoms with Crippen molar-refractivity contribution in [1.82, 2.24) is 0 Å². The molecule has 0 fully saturated rings. The molecule has 4 rings (SSSR count). The summed E-state index contributed by atoms with van der Waals surface area (Å²) in [7, 11) is 3.05. The number of fused-ring (bicyclic) bond motifs is 1. The Balaban J connectivity index is 1.60. The lowest BCUT2D eigenvalue weighted by Crippen LogP contribution is -2.54. The minimum absolute atomic E-state index is 0.280. The molecule has 3 aromatic rings. The zero-order valence-electron chi connectivity index (χ0n) is 20.5. The zero-order valence-corrected chi connectivity index (χ0v) is 20.5. The third-order valence-corrected chi connectivity index (χ3v) is 5.65. The minimum atomic E-state index is -1.19. The highest BCUT2D eigenvalue weighted by molar-refractivity contribution is 6.10. The van der Waals surface area contributed by atoms with E-state index in [9.17, 15) is 14.4 Å². The molecule has 3 amide bonds. The van der Waals surface area contributed by atoms with Gasteiger partial charge < -0.3 is 24.8 Å². The molecule has 0 atom stereocenters. The number of methoxy groups -OCH3 is 2. The van der Waals surface area contributed by atoms with Gasteiger partial charge in [-0.2, -0.15) is 0 Å². The van der Waals surface area contributed by atoms with Gasteiger partial charge in [-0.05, 0) is 56.3 Å². The van der Waals surface area contributed by atoms with Gasteiger partial charge in [0.2, 0.25) is 5.91 Å². The van der Waals surface area contributed by atoms with Gasteiger partial charge in [0.1, 0.15) is 23.8 Å². The van der Waals surface area contributed by atoms with Crippen molar-refractivity contribution in [2.75, 3.05) is 36.3 Å². The van der Waals surface area contributed by atoms with Crippen LogP contribution in [0.3, 0.4) is 0 Å². The highest BCUT2D eigenvalue weighted by Crippen LogP contribution is 2.38. The smallest absolute Gasteiger partial charge is 0.271 e. The van der Waals surface area contributed by atoms with E-state index in [1.807, 2.05) is 0 Å². The lowest BCUT2D eigenvalue weighted by molar-refractivity contribution is -0.133. The lowest BCUT2D eigenvalue weighted by atomic mass is 10.0. The van der Waals surface area contributed by atoms with Gasteiger partial charge >= 0.3 is 0 Å². The summed E-state index contributed by atoms with van der Waals surface area (Å²) >= 11 is 0. The molecule has 186 valence electrons. The summed E-state index contributed by atoms with van der Waals surface area (Å²) < 4.78 is 16.4. The number of carbonyl (C=O) groups excluding carboxylic acids is 3. The third kappa shape index (κ3) is 5.10. The molecule has 3 aromatic carbocycles. The van der Waals surface area contributed by atoms with Gasteiger partial charge in [-0.3, -0.25) is 19.3 Å². The molecule has 0 radical (unpaired) electrons. The molecule has 0 saturated heterocycles. The van der Waals surface area contributed by atoms with Crippen molar-refractivity contribution in [3.8, 4) is 17.2 Å². The maximum atomic E-state index is 13.2. The second kappa shape index (κ2) is 9.99. The van der Waals surface area contributed by atoms with Crippen molar-refractivity contribution < 1.29 is 28.6 Å². The largest absolute Gasteiger partial charge is 0.497 e. The first-order chi connectivity index (χ1) is 17.2. The van der Waals surface area contributed by atoms with Crippen LogP contribution in [0.2, 0.25) is 0 Å². The molecule has 0 aromatic heterocycles. The van der Waals surface area contributed by atoms with Crippen molar-refractivity contribution in [3.63, 3.8) is 0 Å². The van der Waals surface area contributed by atoms with Gasteiger partial charge in [-0.1, -0.05) is 18.2 Å². The zero-order chi connectivity index (χ0) is 25.9. The second-order valence-electron chi connectivity index (χ2n) is 8.62. The fourth-order valence-electron chi connectivity index (χ4n) is 3.85. The van der Waals surface area contributed by atoms with Crippen LogP contribution >= 0.6 is 0 Å². The Morgan fingerprint density at radius 3 is 2.47 bits per heavy atom. The highest BCUT2D eigenvalue weighted by Gasteiger charge is 2.42. The molecule has 0 bridgehead atoms. The van der Waals surface area contributed by atoms with Crippen LogP contribution < -0.4 is 29.7 Å². The van der Waals surface area contributed by atoms with E-state index >= 15 is 0 Å². The summed E-state index contributed by atoms with van der Waals surface area (Å²) in [5.41, 5.74) is 0.466. The number of nitrogens with one attached hydrogen (secondary N) is 2. The van der Waals surface area contributed by atoms with Gasteiger partial charge in [0.15, 0.2) is 5.60 Å². The number of amides is 3. The number of hydrogen-bond donors (Lipinski definition) is 2. The van der Waals surface area contributed by atoms with E-state index in [0.717, 1.165) is 0 Å². The molecular formula is C27H27N3O6. The molecule has 1 heterocycles. The first kappa shape index (κ1) is 24.6. The van der Waals surface area contributed by atoms with Gasteiger partial charge in [0.25, 0.3) is 11.8 Å². The Hall–Kier alpha value is -4.53. The van der Waals surface area contributed by atoms with Crippen molar-refractivity contribution in [2.45, 2.75) is 19.4 Å². The van der Waals surface area contributed by atoms with Crippen molar-refractivity contribution >= 4 is 34.8 Å². The average molecular weight is 490 g/mol. The van der Waals surface area contributed by atoms with E-state index in [4.69, 9.17) is 14.2 Å². The van der Waals surface area contributed by atoms with Crippen molar-refractivity contribution in [1.29, 1.82) is 0 Å². The molecule has 0 spiro atoms. The van der Waals surface area contributed by atoms with Crippen molar-refractivity contribution in [2.24, 2.45) is 0 Å². The van der Waals surface area contributed by atoms with Gasteiger partial charge in [-0.15, -0.1) is 0 Å².